The second-order valence-electron chi connectivity index (χ2n) is 4.26. The van der Waals surface area contributed by atoms with Gasteiger partial charge in [0, 0.05) is 31.2 Å². The Morgan fingerprint density at radius 2 is 2.18 bits per heavy atom. The fraction of sp³-hybridized carbons (Fsp3) is 0.417. The highest BCUT2D eigenvalue weighted by molar-refractivity contribution is 5.95. The molecule has 1 amide bonds. The molecule has 1 heterocycles. The molecule has 92 valence electrons. The van der Waals surface area contributed by atoms with E-state index < -0.39 is 0 Å². The van der Waals surface area contributed by atoms with Gasteiger partial charge >= 0.3 is 0 Å². The minimum atomic E-state index is -0.265. The second kappa shape index (κ2) is 4.63. The quantitative estimate of drug-likeness (QED) is 0.622. The summed E-state index contributed by atoms with van der Waals surface area (Å²) >= 11 is 0. The van der Waals surface area contributed by atoms with Crippen LogP contribution in [0.3, 0.4) is 0 Å². The van der Waals surface area contributed by atoms with Crippen molar-refractivity contribution in [3.63, 3.8) is 0 Å². The van der Waals surface area contributed by atoms with Crippen LogP contribution in [0.2, 0.25) is 0 Å². The summed E-state index contributed by atoms with van der Waals surface area (Å²) in [4.78, 5) is 13.9. The number of carbonyl (C=O) groups excluding carboxylic acids is 1. The van der Waals surface area contributed by atoms with Crippen molar-refractivity contribution in [2.45, 2.75) is 13.0 Å². The summed E-state index contributed by atoms with van der Waals surface area (Å²) in [6, 6.07) is 4.28. The van der Waals surface area contributed by atoms with Gasteiger partial charge in [-0.3, -0.25) is 4.79 Å². The molecule has 2 rings (SSSR count). The van der Waals surface area contributed by atoms with Gasteiger partial charge < -0.3 is 20.4 Å². The summed E-state index contributed by atoms with van der Waals surface area (Å²) in [6.45, 7) is 4.18. The van der Waals surface area contributed by atoms with Gasteiger partial charge in [0.05, 0.1) is 0 Å². The Balaban J connectivity index is 2.21. The molecule has 17 heavy (non-hydrogen) atoms. The molecule has 1 aromatic rings. The van der Waals surface area contributed by atoms with E-state index in [4.69, 9.17) is 0 Å². The SMILES string of the molecule is CC1CNCCN1C(=O)c1ccc(O)c(O)c1. The summed E-state index contributed by atoms with van der Waals surface area (Å²) < 4.78 is 0. The van der Waals surface area contributed by atoms with E-state index in [9.17, 15) is 15.0 Å². The molecular formula is C12H16N2O3. The lowest BCUT2D eigenvalue weighted by Gasteiger charge is -2.34. The fourth-order valence-corrected chi connectivity index (χ4v) is 1.97. The maximum atomic E-state index is 12.2. The van der Waals surface area contributed by atoms with Crippen LogP contribution in [0, 0.1) is 0 Å². The number of hydrogen-bond acceptors (Lipinski definition) is 4. The number of amides is 1. The first-order valence-electron chi connectivity index (χ1n) is 5.63. The van der Waals surface area contributed by atoms with Crippen LogP contribution in [0.5, 0.6) is 11.5 Å². The molecule has 0 spiro atoms. The lowest BCUT2D eigenvalue weighted by Crippen LogP contribution is -2.52. The van der Waals surface area contributed by atoms with Crippen molar-refractivity contribution in [2.75, 3.05) is 19.6 Å². The van der Waals surface area contributed by atoms with E-state index in [2.05, 4.69) is 5.32 Å². The first-order chi connectivity index (χ1) is 8.09. The van der Waals surface area contributed by atoms with E-state index in [0.717, 1.165) is 13.1 Å². The zero-order valence-electron chi connectivity index (χ0n) is 9.68. The van der Waals surface area contributed by atoms with Crippen LogP contribution >= 0.6 is 0 Å². The fourth-order valence-electron chi connectivity index (χ4n) is 1.97. The Kier molecular flexibility index (Phi) is 3.19. The van der Waals surface area contributed by atoms with Crippen molar-refractivity contribution in [1.29, 1.82) is 0 Å². The van der Waals surface area contributed by atoms with Gasteiger partial charge in [-0.05, 0) is 25.1 Å². The lowest BCUT2D eigenvalue weighted by molar-refractivity contribution is 0.0655. The summed E-state index contributed by atoms with van der Waals surface area (Å²) in [7, 11) is 0. The Morgan fingerprint density at radius 3 is 2.82 bits per heavy atom. The smallest absolute Gasteiger partial charge is 0.254 e. The molecule has 1 atom stereocenters. The molecule has 1 aromatic carbocycles. The van der Waals surface area contributed by atoms with E-state index in [0.29, 0.717) is 12.1 Å². The number of carbonyl (C=O) groups is 1. The largest absolute Gasteiger partial charge is 0.504 e. The van der Waals surface area contributed by atoms with Crippen LogP contribution in [0.1, 0.15) is 17.3 Å². The van der Waals surface area contributed by atoms with Gasteiger partial charge in [0.2, 0.25) is 0 Å². The third-order valence-corrected chi connectivity index (χ3v) is 2.98. The molecule has 0 aliphatic carbocycles. The van der Waals surface area contributed by atoms with Gasteiger partial charge in [-0.25, -0.2) is 0 Å². The summed E-state index contributed by atoms with van der Waals surface area (Å²) in [5.41, 5.74) is 0.397. The van der Waals surface area contributed by atoms with Crippen LogP contribution < -0.4 is 5.32 Å². The molecular weight excluding hydrogens is 220 g/mol. The Labute approximate surface area is 99.7 Å². The van der Waals surface area contributed by atoms with Crippen LogP contribution in [-0.4, -0.2) is 46.7 Å². The van der Waals surface area contributed by atoms with Crippen molar-refractivity contribution in [3.8, 4) is 11.5 Å². The predicted molar refractivity (Wildman–Crippen MR) is 63.1 cm³/mol. The van der Waals surface area contributed by atoms with E-state index >= 15 is 0 Å². The number of phenolic OH excluding ortho intramolecular Hbond substituents is 2. The van der Waals surface area contributed by atoms with E-state index in [1.165, 1.54) is 18.2 Å². The van der Waals surface area contributed by atoms with Gasteiger partial charge in [0.1, 0.15) is 0 Å². The average molecular weight is 236 g/mol. The Morgan fingerprint density at radius 1 is 1.41 bits per heavy atom. The van der Waals surface area contributed by atoms with Crippen molar-refractivity contribution in [1.82, 2.24) is 10.2 Å². The van der Waals surface area contributed by atoms with E-state index in [1.807, 2.05) is 6.92 Å². The lowest BCUT2D eigenvalue weighted by atomic mass is 10.1. The maximum Gasteiger partial charge on any atom is 0.254 e. The van der Waals surface area contributed by atoms with Crippen LogP contribution in [0.25, 0.3) is 0 Å². The molecule has 0 saturated carbocycles. The number of aromatic hydroxyl groups is 2. The Bertz CT molecular complexity index is 434. The molecule has 0 aromatic heterocycles. The van der Waals surface area contributed by atoms with E-state index in [1.54, 1.807) is 4.90 Å². The number of nitrogens with zero attached hydrogens (tertiary/aromatic N) is 1. The normalized spacial score (nSPS) is 20.3. The van der Waals surface area contributed by atoms with Crippen LogP contribution in [0.4, 0.5) is 0 Å². The summed E-state index contributed by atoms with van der Waals surface area (Å²) in [5, 5.41) is 21.8. The van der Waals surface area contributed by atoms with Gasteiger partial charge in [-0.1, -0.05) is 0 Å². The van der Waals surface area contributed by atoms with Crippen molar-refractivity contribution in [3.05, 3.63) is 23.8 Å². The average Bonchev–Trinajstić information content (AvgIpc) is 2.32. The zero-order valence-corrected chi connectivity index (χ0v) is 9.68. The molecule has 1 fully saturated rings. The van der Waals surface area contributed by atoms with Crippen molar-refractivity contribution >= 4 is 5.91 Å². The highest BCUT2D eigenvalue weighted by Gasteiger charge is 2.24. The first-order valence-corrected chi connectivity index (χ1v) is 5.63. The van der Waals surface area contributed by atoms with Gasteiger partial charge in [0.15, 0.2) is 11.5 Å². The molecule has 3 N–H and O–H groups in total. The number of nitrogens with one attached hydrogen (secondary N) is 1. The molecule has 1 saturated heterocycles. The maximum absolute atomic E-state index is 12.2. The number of phenols is 2. The molecule has 1 aliphatic heterocycles. The molecule has 5 heteroatoms. The molecule has 1 unspecified atom stereocenters. The van der Waals surface area contributed by atoms with Gasteiger partial charge in [-0.15, -0.1) is 0 Å². The van der Waals surface area contributed by atoms with Crippen molar-refractivity contribution < 1.29 is 15.0 Å². The Hall–Kier alpha value is -1.75. The van der Waals surface area contributed by atoms with E-state index in [-0.39, 0.29) is 23.4 Å². The number of benzene rings is 1. The standard InChI is InChI=1S/C12H16N2O3/c1-8-7-13-4-5-14(8)12(17)9-2-3-10(15)11(16)6-9/h2-3,6,8,13,15-16H,4-5,7H2,1H3. The second-order valence-corrected chi connectivity index (χ2v) is 4.26. The molecule has 0 radical (unpaired) electrons. The molecule has 0 bridgehead atoms. The monoisotopic (exact) mass is 236 g/mol. The number of rotatable bonds is 1. The first kappa shape index (κ1) is 11.7. The minimum Gasteiger partial charge on any atom is -0.504 e. The minimum absolute atomic E-state index is 0.116. The number of piperazine rings is 1. The highest BCUT2D eigenvalue weighted by Crippen LogP contribution is 2.25. The predicted octanol–water partition coefficient (Wildman–Crippen LogP) is 0.532. The van der Waals surface area contributed by atoms with Crippen molar-refractivity contribution in [2.24, 2.45) is 0 Å². The zero-order chi connectivity index (χ0) is 12.4. The third-order valence-electron chi connectivity index (χ3n) is 2.98. The van der Waals surface area contributed by atoms with Gasteiger partial charge in [0.25, 0.3) is 5.91 Å². The third kappa shape index (κ3) is 2.34. The summed E-state index contributed by atoms with van der Waals surface area (Å²) in [6.07, 6.45) is 0. The highest BCUT2D eigenvalue weighted by atomic mass is 16.3. The topological polar surface area (TPSA) is 72.8 Å². The van der Waals surface area contributed by atoms with Crippen LogP contribution in [-0.2, 0) is 0 Å². The van der Waals surface area contributed by atoms with Crippen LogP contribution in [0.15, 0.2) is 18.2 Å². The molecule has 1 aliphatic rings. The molecule has 5 nitrogen and oxygen atoms in total. The number of hydrogen-bond donors (Lipinski definition) is 3. The summed E-state index contributed by atoms with van der Waals surface area (Å²) in [5.74, 6) is -0.595. The van der Waals surface area contributed by atoms with Gasteiger partial charge in [-0.2, -0.15) is 0 Å².